The molecule has 8 heteroatoms. The fourth-order valence-electron chi connectivity index (χ4n) is 4.92. The largest absolute Gasteiger partial charge is 0.359 e. The van der Waals surface area contributed by atoms with Gasteiger partial charge >= 0.3 is 0 Å². The Morgan fingerprint density at radius 2 is 1.93 bits per heavy atom. The smallest absolute Gasteiger partial charge is 0.227 e. The normalized spacial score (nSPS) is 41.3. The van der Waals surface area contributed by atoms with Gasteiger partial charge < -0.3 is 16.0 Å². The van der Waals surface area contributed by atoms with Crippen molar-refractivity contribution in [2.75, 3.05) is 39.8 Å². The maximum absolute atomic E-state index is 12.4. The topological polar surface area (TPSA) is 92.5 Å². The van der Waals surface area contributed by atoms with Crippen LogP contribution in [0.25, 0.3) is 0 Å². The monoisotopic (exact) mass is 379 g/mol. The van der Waals surface area contributed by atoms with Gasteiger partial charge in [-0.25, -0.2) is 0 Å². The van der Waals surface area contributed by atoms with Crippen LogP contribution >= 0.6 is 0 Å². The zero-order valence-electron chi connectivity index (χ0n) is 16.8. The lowest BCUT2D eigenvalue weighted by atomic mass is 9.95. The predicted molar refractivity (Wildman–Crippen MR) is 106 cm³/mol. The molecule has 0 radical (unpaired) electrons. The highest BCUT2D eigenvalue weighted by Crippen LogP contribution is 2.35. The first-order valence-corrected chi connectivity index (χ1v) is 10.8. The molecule has 0 aromatic carbocycles. The van der Waals surface area contributed by atoms with Crippen molar-refractivity contribution in [2.24, 2.45) is 11.8 Å². The molecule has 0 spiro atoms. The van der Waals surface area contributed by atoms with E-state index in [4.69, 9.17) is 0 Å². The summed E-state index contributed by atoms with van der Waals surface area (Å²) < 4.78 is 0. The van der Waals surface area contributed by atoms with Crippen molar-refractivity contribution >= 4 is 5.91 Å². The maximum atomic E-state index is 12.4. The third-order valence-electron chi connectivity index (χ3n) is 6.80. The van der Waals surface area contributed by atoms with E-state index in [0.29, 0.717) is 24.7 Å². The fourth-order valence-corrected chi connectivity index (χ4v) is 4.92. The molecule has 1 aliphatic carbocycles. The van der Waals surface area contributed by atoms with Crippen molar-refractivity contribution in [1.82, 2.24) is 36.8 Å². The van der Waals surface area contributed by atoms with Gasteiger partial charge in [-0.3, -0.25) is 25.6 Å². The van der Waals surface area contributed by atoms with Gasteiger partial charge in [-0.2, -0.15) is 0 Å². The summed E-state index contributed by atoms with van der Waals surface area (Å²) in [6, 6.07) is 1.61. The third-order valence-corrected chi connectivity index (χ3v) is 6.80. The molecule has 27 heavy (non-hydrogen) atoms. The van der Waals surface area contributed by atoms with Crippen LogP contribution < -0.4 is 31.9 Å². The lowest BCUT2D eigenvalue weighted by molar-refractivity contribution is -0.127. The Kier molecular flexibility index (Phi) is 6.31. The first-order valence-electron chi connectivity index (χ1n) is 10.8. The standard InChI is InChI=1S/C19H37N7O/c1-12-9-21-7-8-26(12)19-23-11-15(18(27)20-2)17(25-19)24-14-5-6-16(22-10-14)13-3-4-13/h12-17,19,21-25H,3-11H2,1-2H3,(H,20,27). The lowest BCUT2D eigenvalue weighted by Gasteiger charge is -2.47. The molecule has 0 aromatic heterocycles. The van der Waals surface area contributed by atoms with Gasteiger partial charge in [0.15, 0.2) is 0 Å². The van der Waals surface area contributed by atoms with Crippen molar-refractivity contribution in [3.63, 3.8) is 0 Å². The number of carbonyl (C=O) groups is 1. The third kappa shape index (κ3) is 4.63. The van der Waals surface area contributed by atoms with Crippen LogP contribution in [0.5, 0.6) is 0 Å². The van der Waals surface area contributed by atoms with Gasteiger partial charge in [-0.05, 0) is 38.5 Å². The van der Waals surface area contributed by atoms with Gasteiger partial charge in [-0.15, -0.1) is 0 Å². The first kappa shape index (κ1) is 19.5. The van der Waals surface area contributed by atoms with Crippen LogP contribution in [-0.4, -0.2) is 81.2 Å². The van der Waals surface area contributed by atoms with Crippen molar-refractivity contribution < 1.29 is 4.79 Å². The number of rotatable bonds is 5. The molecule has 6 N–H and O–H groups in total. The van der Waals surface area contributed by atoms with Crippen LogP contribution in [0.3, 0.4) is 0 Å². The number of hydrogen-bond acceptors (Lipinski definition) is 7. The van der Waals surface area contributed by atoms with Gasteiger partial charge in [-0.1, -0.05) is 0 Å². The Morgan fingerprint density at radius 1 is 1.07 bits per heavy atom. The van der Waals surface area contributed by atoms with Crippen LogP contribution in [0.2, 0.25) is 0 Å². The summed E-state index contributed by atoms with van der Waals surface area (Å²) in [5.41, 5.74) is 0. The van der Waals surface area contributed by atoms with Gasteiger partial charge in [0.25, 0.3) is 0 Å². The zero-order valence-corrected chi connectivity index (χ0v) is 16.8. The molecule has 6 unspecified atom stereocenters. The van der Waals surface area contributed by atoms with E-state index in [1.165, 1.54) is 25.7 Å². The van der Waals surface area contributed by atoms with E-state index in [-0.39, 0.29) is 24.3 Å². The van der Waals surface area contributed by atoms with E-state index in [1.54, 1.807) is 7.05 Å². The molecular weight excluding hydrogens is 342 g/mol. The molecule has 3 aliphatic heterocycles. The number of carbonyl (C=O) groups excluding carboxylic acids is 1. The predicted octanol–water partition coefficient (Wildman–Crippen LogP) is -1.43. The molecule has 8 nitrogen and oxygen atoms in total. The SMILES string of the molecule is CNC(=O)C1CNC(N2CCNCC2C)NC1NC1CCC(C2CC2)NC1. The summed E-state index contributed by atoms with van der Waals surface area (Å²) in [6.45, 7) is 6.98. The zero-order chi connectivity index (χ0) is 18.8. The van der Waals surface area contributed by atoms with Crippen molar-refractivity contribution in [3.8, 4) is 0 Å². The van der Waals surface area contributed by atoms with Gasteiger partial charge in [0.05, 0.1) is 12.1 Å². The number of nitrogens with zero attached hydrogens (tertiary/aromatic N) is 1. The number of nitrogens with one attached hydrogen (secondary N) is 6. The number of piperidine rings is 1. The summed E-state index contributed by atoms with van der Waals surface area (Å²) in [5.74, 6) is 0.907. The van der Waals surface area contributed by atoms with Gasteiger partial charge in [0, 0.05) is 57.9 Å². The fraction of sp³-hybridized carbons (Fsp3) is 0.947. The Hall–Kier alpha value is -0.770. The summed E-state index contributed by atoms with van der Waals surface area (Å²) in [5, 5.41) is 21.0. The minimum atomic E-state index is -0.106. The first-order chi connectivity index (χ1) is 13.2. The molecule has 3 saturated heterocycles. The average molecular weight is 380 g/mol. The highest BCUT2D eigenvalue weighted by molar-refractivity contribution is 5.79. The van der Waals surface area contributed by atoms with E-state index >= 15 is 0 Å². The highest BCUT2D eigenvalue weighted by Gasteiger charge is 2.40. The number of amides is 1. The molecule has 4 aliphatic rings. The minimum Gasteiger partial charge on any atom is -0.359 e. The van der Waals surface area contributed by atoms with Crippen LogP contribution in [0.15, 0.2) is 0 Å². The van der Waals surface area contributed by atoms with Crippen molar-refractivity contribution in [1.29, 1.82) is 0 Å². The molecular formula is C19H37N7O. The van der Waals surface area contributed by atoms with Gasteiger partial charge in [0.2, 0.25) is 5.91 Å². The molecule has 0 bridgehead atoms. The second kappa shape index (κ2) is 8.71. The summed E-state index contributed by atoms with van der Waals surface area (Å²) in [7, 11) is 1.73. The molecule has 3 heterocycles. The minimum absolute atomic E-state index is 0.0115. The average Bonchev–Trinajstić information content (AvgIpc) is 3.54. The summed E-state index contributed by atoms with van der Waals surface area (Å²) in [6.07, 6.45) is 5.33. The van der Waals surface area contributed by atoms with Crippen molar-refractivity contribution in [3.05, 3.63) is 0 Å². The highest BCUT2D eigenvalue weighted by atomic mass is 16.1. The number of hydrogen-bond donors (Lipinski definition) is 6. The number of piperazine rings is 1. The molecule has 154 valence electrons. The van der Waals surface area contributed by atoms with E-state index in [9.17, 15) is 4.79 Å². The molecule has 1 amide bonds. The van der Waals surface area contributed by atoms with Crippen LogP contribution in [-0.2, 0) is 4.79 Å². The summed E-state index contributed by atoms with van der Waals surface area (Å²) >= 11 is 0. The van der Waals surface area contributed by atoms with Crippen LogP contribution in [0.4, 0.5) is 0 Å². The quantitative estimate of drug-likeness (QED) is 0.349. The molecule has 1 saturated carbocycles. The van der Waals surface area contributed by atoms with Gasteiger partial charge in [0.1, 0.15) is 6.29 Å². The lowest BCUT2D eigenvalue weighted by Crippen LogP contribution is -2.74. The van der Waals surface area contributed by atoms with E-state index in [1.807, 2.05) is 0 Å². The Labute approximate surface area is 163 Å². The summed E-state index contributed by atoms with van der Waals surface area (Å²) in [4.78, 5) is 14.9. The second-order valence-electron chi connectivity index (χ2n) is 8.76. The van der Waals surface area contributed by atoms with Crippen molar-refractivity contribution in [2.45, 2.75) is 63.2 Å². The molecule has 4 rings (SSSR count). The van der Waals surface area contributed by atoms with E-state index < -0.39 is 0 Å². The van der Waals surface area contributed by atoms with Crippen LogP contribution in [0.1, 0.15) is 32.6 Å². The van der Waals surface area contributed by atoms with E-state index in [2.05, 4.69) is 43.7 Å². The Balaban J connectivity index is 1.37. The maximum Gasteiger partial charge on any atom is 0.227 e. The molecule has 4 fully saturated rings. The van der Waals surface area contributed by atoms with E-state index in [0.717, 1.165) is 32.1 Å². The second-order valence-corrected chi connectivity index (χ2v) is 8.76. The Bertz CT molecular complexity index is 506. The Morgan fingerprint density at radius 3 is 2.59 bits per heavy atom. The van der Waals surface area contributed by atoms with Crippen LogP contribution in [0, 0.1) is 11.8 Å². The molecule has 6 atom stereocenters. The molecule has 0 aromatic rings.